The maximum absolute atomic E-state index is 11.8. The van der Waals surface area contributed by atoms with Crippen molar-refractivity contribution in [2.24, 2.45) is 0 Å². The molecule has 1 unspecified atom stereocenters. The molecule has 1 saturated heterocycles. The zero-order valence-corrected chi connectivity index (χ0v) is 12.7. The molecule has 22 heavy (non-hydrogen) atoms. The lowest BCUT2D eigenvalue weighted by molar-refractivity contribution is -0.127. The lowest BCUT2D eigenvalue weighted by Gasteiger charge is -2.10. The molecule has 6 nitrogen and oxygen atoms in total. The summed E-state index contributed by atoms with van der Waals surface area (Å²) in [6.45, 7) is 3.80. The summed E-state index contributed by atoms with van der Waals surface area (Å²) >= 11 is 0. The third-order valence-electron chi connectivity index (χ3n) is 3.81. The molecular weight excluding hydrogens is 282 g/mol. The summed E-state index contributed by atoms with van der Waals surface area (Å²) in [7, 11) is 0. The molecule has 1 amide bonds. The van der Waals surface area contributed by atoms with E-state index in [-0.39, 0.29) is 18.6 Å². The van der Waals surface area contributed by atoms with Gasteiger partial charge in [0.2, 0.25) is 5.91 Å². The van der Waals surface area contributed by atoms with Crippen LogP contribution in [0.5, 0.6) is 0 Å². The Bertz CT molecular complexity index is 647. The van der Waals surface area contributed by atoms with Crippen molar-refractivity contribution in [3.05, 3.63) is 29.5 Å². The summed E-state index contributed by atoms with van der Waals surface area (Å²) in [4.78, 5) is 11.8. The largest absolute Gasteiger partial charge is 0.376 e. The highest BCUT2D eigenvalue weighted by Crippen LogP contribution is 2.17. The summed E-state index contributed by atoms with van der Waals surface area (Å²) in [5.41, 5.74) is 2.98. The maximum atomic E-state index is 11.8. The Morgan fingerprint density at radius 3 is 3.27 bits per heavy atom. The average Bonchev–Trinajstić information content (AvgIpc) is 3.14. The van der Waals surface area contributed by atoms with Crippen LogP contribution in [-0.4, -0.2) is 42.0 Å². The van der Waals surface area contributed by atoms with E-state index >= 15 is 0 Å². The Morgan fingerprint density at radius 2 is 2.45 bits per heavy atom. The second-order valence-corrected chi connectivity index (χ2v) is 5.65. The predicted octanol–water partition coefficient (Wildman–Crippen LogP) is 1.68. The van der Waals surface area contributed by atoms with E-state index in [1.807, 2.05) is 19.1 Å². The van der Waals surface area contributed by atoms with Gasteiger partial charge in [-0.3, -0.25) is 9.89 Å². The Balaban J connectivity index is 1.46. The Morgan fingerprint density at radius 1 is 1.55 bits per heavy atom. The Hall–Kier alpha value is -1.92. The van der Waals surface area contributed by atoms with Crippen molar-refractivity contribution >= 4 is 16.8 Å². The minimum atomic E-state index is -0.131. The minimum Gasteiger partial charge on any atom is -0.376 e. The van der Waals surface area contributed by atoms with E-state index in [2.05, 4.69) is 21.6 Å². The molecule has 1 aromatic heterocycles. The topological polar surface area (TPSA) is 76.2 Å². The molecule has 0 spiro atoms. The summed E-state index contributed by atoms with van der Waals surface area (Å²) < 4.78 is 10.8. The quantitative estimate of drug-likeness (QED) is 0.851. The normalized spacial score (nSPS) is 18.0. The first-order chi connectivity index (χ1) is 10.7. The number of benzene rings is 1. The van der Waals surface area contributed by atoms with Gasteiger partial charge >= 0.3 is 0 Å². The van der Waals surface area contributed by atoms with Gasteiger partial charge in [0.05, 0.1) is 30.5 Å². The fourth-order valence-corrected chi connectivity index (χ4v) is 2.61. The van der Waals surface area contributed by atoms with Crippen molar-refractivity contribution in [2.45, 2.75) is 32.4 Å². The molecule has 0 aliphatic carbocycles. The fourth-order valence-electron chi connectivity index (χ4n) is 2.61. The fraction of sp³-hybridized carbons (Fsp3) is 0.500. The standard InChI is InChI=1S/C16H21N3O3/c1-11-4-5-14-13(7-11)15(19-18-14)8-17-16(20)10-21-9-12-3-2-6-22-12/h4-5,7,12H,2-3,6,8-10H2,1H3,(H,17,20)(H,18,19). The molecule has 3 rings (SSSR count). The van der Waals surface area contributed by atoms with Crippen LogP contribution in [0, 0.1) is 6.92 Å². The number of nitrogens with one attached hydrogen (secondary N) is 2. The lowest BCUT2D eigenvalue weighted by Crippen LogP contribution is -2.29. The number of H-pyrrole nitrogens is 1. The van der Waals surface area contributed by atoms with E-state index in [4.69, 9.17) is 9.47 Å². The van der Waals surface area contributed by atoms with Crippen LogP contribution in [-0.2, 0) is 20.8 Å². The van der Waals surface area contributed by atoms with Gasteiger partial charge in [-0.1, -0.05) is 11.6 Å². The number of rotatable bonds is 6. The van der Waals surface area contributed by atoms with E-state index < -0.39 is 0 Å². The third kappa shape index (κ3) is 3.64. The van der Waals surface area contributed by atoms with Gasteiger partial charge in [-0.05, 0) is 31.9 Å². The van der Waals surface area contributed by atoms with Crippen LogP contribution in [0.25, 0.3) is 10.9 Å². The van der Waals surface area contributed by atoms with E-state index in [0.29, 0.717) is 13.2 Å². The molecule has 1 fully saturated rings. The van der Waals surface area contributed by atoms with Crippen LogP contribution < -0.4 is 5.32 Å². The number of aromatic nitrogens is 2. The summed E-state index contributed by atoms with van der Waals surface area (Å²) in [6.07, 6.45) is 2.24. The molecule has 2 aromatic rings. The monoisotopic (exact) mass is 303 g/mol. The molecule has 2 N–H and O–H groups in total. The zero-order chi connectivity index (χ0) is 15.4. The van der Waals surface area contributed by atoms with Crippen molar-refractivity contribution in [1.29, 1.82) is 0 Å². The van der Waals surface area contributed by atoms with Gasteiger partial charge in [0.15, 0.2) is 0 Å². The molecule has 0 saturated carbocycles. The van der Waals surface area contributed by atoms with Gasteiger partial charge in [-0.15, -0.1) is 0 Å². The van der Waals surface area contributed by atoms with Gasteiger partial charge in [0.25, 0.3) is 0 Å². The molecule has 6 heteroatoms. The number of hydrogen-bond donors (Lipinski definition) is 2. The molecule has 0 bridgehead atoms. The van der Waals surface area contributed by atoms with Crippen LogP contribution in [0.15, 0.2) is 18.2 Å². The number of nitrogens with zero attached hydrogens (tertiary/aromatic N) is 1. The number of aromatic amines is 1. The van der Waals surface area contributed by atoms with Crippen molar-refractivity contribution in [2.75, 3.05) is 19.8 Å². The van der Waals surface area contributed by atoms with E-state index in [9.17, 15) is 4.79 Å². The first-order valence-electron chi connectivity index (χ1n) is 7.62. The number of aryl methyl sites for hydroxylation is 1. The summed E-state index contributed by atoms with van der Waals surface area (Å²) in [5, 5.41) is 11.1. The number of hydrogen-bond acceptors (Lipinski definition) is 4. The smallest absolute Gasteiger partial charge is 0.246 e. The van der Waals surface area contributed by atoms with E-state index in [0.717, 1.165) is 36.0 Å². The van der Waals surface area contributed by atoms with Crippen molar-refractivity contribution < 1.29 is 14.3 Å². The van der Waals surface area contributed by atoms with Gasteiger partial charge in [0, 0.05) is 12.0 Å². The summed E-state index contributed by atoms with van der Waals surface area (Å²) in [6, 6.07) is 6.05. The Labute approximate surface area is 129 Å². The SMILES string of the molecule is Cc1ccc2n[nH]c(CNC(=O)COCC3CCCO3)c2c1. The number of amides is 1. The van der Waals surface area contributed by atoms with Crippen molar-refractivity contribution in [1.82, 2.24) is 15.5 Å². The summed E-state index contributed by atoms with van der Waals surface area (Å²) in [5.74, 6) is -0.131. The van der Waals surface area contributed by atoms with E-state index in [1.165, 1.54) is 5.56 Å². The number of ether oxygens (including phenoxy) is 2. The second-order valence-electron chi connectivity index (χ2n) is 5.65. The minimum absolute atomic E-state index is 0.0605. The predicted molar refractivity (Wildman–Crippen MR) is 82.5 cm³/mol. The van der Waals surface area contributed by atoms with Crippen molar-refractivity contribution in [3.8, 4) is 0 Å². The van der Waals surface area contributed by atoms with Crippen LogP contribution >= 0.6 is 0 Å². The zero-order valence-electron chi connectivity index (χ0n) is 12.7. The number of carbonyl (C=O) groups is 1. The molecule has 0 radical (unpaired) electrons. The first-order valence-corrected chi connectivity index (χ1v) is 7.62. The first kappa shape index (κ1) is 15.0. The molecule has 118 valence electrons. The molecule has 1 aromatic carbocycles. The lowest BCUT2D eigenvalue weighted by atomic mass is 10.1. The van der Waals surface area contributed by atoms with Crippen molar-refractivity contribution in [3.63, 3.8) is 0 Å². The third-order valence-corrected chi connectivity index (χ3v) is 3.81. The molecular formula is C16H21N3O3. The van der Waals surface area contributed by atoms with Crippen LogP contribution in [0.3, 0.4) is 0 Å². The second kappa shape index (κ2) is 6.89. The molecule has 2 heterocycles. The van der Waals surface area contributed by atoms with Crippen LogP contribution in [0.1, 0.15) is 24.1 Å². The Kier molecular flexibility index (Phi) is 4.70. The molecule has 1 aliphatic rings. The van der Waals surface area contributed by atoms with Gasteiger partial charge in [-0.25, -0.2) is 0 Å². The number of fused-ring (bicyclic) bond motifs is 1. The highest BCUT2D eigenvalue weighted by molar-refractivity contribution is 5.83. The number of carbonyl (C=O) groups excluding carboxylic acids is 1. The van der Waals surface area contributed by atoms with Gasteiger partial charge in [0.1, 0.15) is 6.61 Å². The highest BCUT2D eigenvalue weighted by Gasteiger charge is 2.16. The van der Waals surface area contributed by atoms with Gasteiger partial charge in [-0.2, -0.15) is 5.10 Å². The van der Waals surface area contributed by atoms with Crippen LogP contribution in [0.2, 0.25) is 0 Å². The average molecular weight is 303 g/mol. The maximum Gasteiger partial charge on any atom is 0.246 e. The van der Waals surface area contributed by atoms with Gasteiger partial charge < -0.3 is 14.8 Å². The highest BCUT2D eigenvalue weighted by atomic mass is 16.5. The van der Waals surface area contributed by atoms with Crippen LogP contribution in [0.4, 0.5) is 0 Å². The van der Waals surface area contributed by atoms with E-state index in [1.54, 1.807) is 0 Å². The molecule has 1 atom stereocenters. The molecule has 1 aliphatic heterocycles.